The van der Waals surface area contributed by atoms with Crippen LogP contribution in [0.2, 0.25) is 0 Å². The fourth-order valence-electron chi connectivity index (χ4n) is 1.80. The zero-order chi connectivity index (χ0) is 11.5. The molecule has 0 saturated heterocycles. The van der Waals surface area contributed by atoms with Gasteiger partial charge in [0.15, 0.2) is 0 Å². The van der Waals surface area contributed by atoms with Crippen LogP contribution in [-0.2, 0) is 4.74 Å². The summed E-state index contributed by atoms with van der Waals surface area (Å²) in [5.74, 6) is 0. The van der Waals surface area contributed by atoms with Crippen molar-refractivity contribution in [2.75, 3.05) is 6.54 Å². The number of alkyl carbamates (subject to hydrolysis) is 1. The maximum absolute atomic E-state index is 11.4. The van der Waals surface area contributed by atoms with Crippen molar-refractivity contribution in [2.45, 2.75) is 59.0 Å². The Hall–Kier alpha value is -0.730. The fourth-order valence-corrected chi connectivity index (χ4v) is 1.80. The zero-order valence-corrected chi connectivity index (χ0v) is 10.4. The third-order valence-corrected chi connectivity index (χ3v) is 2.74. The standard InChI is InChI=1S/C12H23NO2/c1-5-6-12(7-8-12)9-13-10(14)15-11(2,3)4/h5-9H2,1-4H3,(H,13,14). The second-order valence-corrected chi connectivity index (χ2v) is 5.61. The lowest BCUT2D eigenvalue weighted by Gasteiger charge is -2.21. The molecule has 0 radical (unpaired) electrons. The molecule has 0 atom stereocenters. The van der Waals surface area contributed by atoms with Crippen LogP contribution in [0.5, 0.6) is 0 Å². The molecule has 0 spiro atoms. The molecule has 1 amide bonds. The molecule has 3 heteroatoms. The molecule has 1 fully saturated rings. The fraction of sp³-hybridized carbons (Fsp3) is 0.917. The third-order valence-electron chi connectivity index (χ3n) is 2.74. The van der Waals surface area contributed by atoms with Crippen LogP contribution in [0, 0.1) is 5.41 Å². The Labute approximate surface area is 92.6 Å². The number of carbonyl (C=O) groups is 1. The number of carbonyl (C=O) groups excluding carboxylic acids is 1. The Kier molecular flexibility index (Phi) is 3.63. The van der Waals surface area contributed by atoms with Crippen LogP contribution < -0.4 is 5.32 Å². The topological polar surface area (TPSA) is 38.3 Å². The smallest absolute Gasteiger partial charge is 0.407 e. The molecule has 1 saturated carbocycles. The van der Waals surface area contributed by atoms with Crippen LogP contribution in [0.4, 0.5) is 4.79 Å². The van der Waals surface area contributed by atoms with Gasteiger partial charge in [0.1, 0.15) is 5.60 Å². The molecule has 0 unspecified atom stereocenters. The van der Waals surface area contributed by atoms with E-state index >= 15 is 0 Å². The van der Waals surface area contributed by atoms with Crippen molar-refractivity contribution in [1.29, 1.82) is 0 Å². The minimum atomic E-state index is -0.397. The summed E-state index contributed by atoms with van der Waals surface area (Å²) >= 11 is 0. The van der Waals surface area contributed by atoms with Gasteiger partial charge in [0.05, 0.1) is 0 Å². The first-order chi connectivity index (χ1) is 6.87. The molecule has 0 aliphatic heterocycles. The number of hydrogen-bond acceptors (Lipinski definition) is 2. The minimum absolute atomic E-state index is 0.287. The summed E-state index contributed by atoms with van der Waals surface area (Å²) in [7, 11) is 0. The van der Waals surface area contributed by atoms with E-state index in [4.69, 9.17) is 4.74 Å². The van der Waals surface area contributed by atoms with Crippen LogP contribution in [0.1, 0.15) is 53.4 Å². The summed E-state index contributed by atoms with van der Waals surface area (Å²) in [5, 5.41) is 2.87. The average molecular weight is 213 g/mol. The highest BCUT2D eigenvalue weighted by Crippen LogP contribution is 2.48. The van der Waals surface area contributed by atoms with Crippen molar-refractivity contribution in [3.8, 4) is 0 Å². The summed E-state index contributed by atoms with van der Waals surface area (Å²) in [5.41, 5.74) is -0.00277. The third kappa shape index (κ3) is 4.54. The quantitative estimate of drug-likeness (QED) is 0.779. The molecule has 15 heavy (non-hydrogen) atoms. The van der Waals surface area contributed by atoms with Gasteiger partial charge in [0, 0.05) is 6.54 Å². The molecule has 88 valence electrons. The van der Waals surface area contributed by atoms with Gasteiger partial charge < -0.3 is 10.1 Å². The van der Waals surface area contributed by atoms with E-state index in [9.17, 15) is 4.79 Å². The lowest BCUT2D eigenvalue weighted by atomic mass is 10.0. The number of rotatable bonds is 4. The first-order valence-corrected chi connectivity index (χ1v) is 5.84. The molecule has 0 aromatic heterocycles. The second kappa shape index (κ2) is 4.42. The van der Waals surface area contributed by atoms with Crippen LogP contribution in [0.25, 0.3) is 0 Å². The van der Waals surface area contributed by atoms with Crippen LogP contribution >= 0.6 is 0 Å². The van der Waals surface area contributed by atoms with Gasteiger partial charge in [-0.1, -0.05) is 13.3 Å². The van der Waals surface area contributed by atoms with Gasteiger partial charge >= 0.3 is 6.09 Å². The first-order valence-electron chi connectivity index (χ1n) is 5.84. The summed E-state index contributed by atoms with van der Waals surface area (Å²) < 4.78 is 5.19. The Balaban J connectivity index is 2.23. The molecule has 0 bridgehead atoms. The Morgan fingerprint density at radius 2 is 2.00 bits per heavy atom. The van der Waals surface area contributed by atoms with Gasteiger partial charge in [0.25, 0.3) is 0 Å². The van der Waals surface area contributed by atoms with E-state index < -0.39 is 5.60 Å². The first kappa shape index (κ1) is 12.3. The van der Waals surface area contributed by atoms with Gasteiger partial charge in [-0.05, 0) is 45.4 Å². The number of hydrogen-bond donors (Lipinski definition) is 1. The summed E-state index contributed by atoms with van der Waals surface area (Å²) in [6, 6.07) is 0. The van der Waals surface area contributed by atoms with E-state index in [1.165, 1.54) is 25.7 Å². The highest BCUT2D eigenvalue weighted by Gasteiger charge is 2.41. The second-order valence-electron chi connectivity index (χ2n) is 5.61. The van der Waals surface area contributed by atoms with E-state index in [0.717, 1.165) is 6.54 Å². The van der Waals surface area contributed by atoms with Crippen molar-refractivity contribution in [2.24, 2.45) is 5.41 Å². The van der Waals surface area contributed by atoms with Gasteiger partial charge in [-0.15, -0.1) is 0 Å². The van der Waals surface area contributed by atoms with Gasteiger partial charge in [-0.25, -0.2) is 4.79 Å². The normalized spacial score (nSPS) is 18.4. The molecule has 1 N–H and O–H groups in total. The predicted molar refractivity (Wildman–Crippen MR) is 60.8 cm³/mol. The average Bonchev–Trinajstić information content (AvgIpc) is 2.80. The van der Waals surface area contributed by atoms with Crippen LogP contribution in [0.15, 0.2) is 0 Å². The molecule has 0 heterocycles. The zero-order valence-electron chi connectivity index (χ0n) is 10.4. The van der Waals surface area contributed by atoms with Crippen molar-refractivity contribution in [3.05, 3.63) is 0 Å². The van der Waals surface area contributed by atoms with Crippen LogP contribution in [-0.4, -0.2) is 18.2 Å². The summed E-state index contributed by atoms with van der Waals surface area (Å²) in [6.07, 6.45) is 4.61. The SMILES string of the molecule is CCCC1(CNC(=O)OC(C)(C)C)CC1. The maximum Gasteiger partial charge on any atom is 0.407 e. The summed E-state index contributed by atoms with van der Waals surface area (Å²) in [4.78, 5) is 11.4. The molecule has 1 aliphatic carbocycles. The number of nitrogens with one attached hydrogen (secondary N) is 1. The van der Waals surface area contributed by atoms with Gasteiger partial charge in [0.2, 0.25) is 0 Å². The Morgan fingerprint density at radius 3 is 2.40 bits per heavy atom. The van der Waals surface area contributed by atoms with Crippen molar-refractivity contribution in [1.82, 2.24) is 5.32 Å². The Bertz CT molecular complexity index is 226. The molecular formula is C12H23NO2. The van der Waals surface area contributed by atoms with E-state index in [1.54, 1.807) is 0 Å². The van der Waals surface area contributed by atoms with Crippen molar-refractivity contribution < 1.29 is 9.53 Å². The highest BCUT2D eigenvalue weighted by molar-refractivity contribution is 5.67. The van der Waals surface area contributed by atoms with Gasteiger partial charge in [-0.2, -0.15) is 0 Å². The van der Waals surface area contributed by atoms with Crippen molar-refractivity contribution in [3.63, 3.8) is 0 Å². The number of ether oxygens (including phenoxy) is 1. The minimum Gasteiger partial charge on any atom is -0.444 e. The molecule has 1 rings (SSSR count). The lowest BCUT2D eigenvalue weighted by Crippen LogP contribution is -2.35. The maximum atomic E-state index is 11.4. The van der Waals surface area contributed by atoms with E-state index in [0.29, 0.717) is 5.41 Å². The lowest BCUT2D eigenvalue weighted by molar-refractivity contribution is 0.0515. The number of amides is 1. The van der Waals surface area contributed by atoms with E-state index in [2.05, 4.69) is 12.2 Å². The Morgan fingerprint density at radius 1 is 1.40 bits per heavy atom. The summed E-state index contributed by atoms with van der Waals surface area (Å²) in [6.45, 7) is 8.60. The predicted octanol–water partition coefficient (Wildman–Crippen LogP) is 3.09. The molecule has 0 aromatic rings. The van der Waals surface area contributed by atoms with Crippen LogP contribution in [0.3, 0.4) is 0 Å². The van der Waals surface area contributed by atoms with Crippen molar-refractivity contribution >= 4 is 6.09 Å². The molecule has 0 aromatic carbocycles. The monoisotopic (exact) mass is 213 g/mol. The highest BCUT2D eigenvalue weighted by atomic mass is 16.6. The van der Waals surface area contributed by atoms with Gasteiger partial charge in [-0.3, -0.25) is 0 Å². The van der Waals surface area contributed by atoms with E-state index in [-0.39, 0.29) is 6.09 Å². The van der Waals surface area contributed by atoms with E-state index in [1.807, 2.05) is 20.8 Å². The largest absolute Gasteiger partial charge is 0.444 e. The molecule has 3 nitrogen and oxygen atoms in total. The molecule has 1 aliphatic rings. The molecular weight excluding hydrogens is 190 g/mol.